The molecule has 1 aromatic carbocycles. The highest BCUT2D eigenvalue weighted by atomic mass is 32.2. The number of hydrogen-bond donors (Lipinski definition) is 3. The first-order chi connectivity index (χ1) is 9.66. The minimum absolute atomic E-state index is 0.0493. The van der Waals surface area contributed by atoms with E-state index in [9.17, 15) is 17.9 Å². The van der Waals surface area contributed by atoms with Crippen LogP contribution in [0.2, 0.25) is 0 Å². The van der Waals surface area contributed by atoms with E-state index in [1.807, 2.05) is 4.72 Å². The van der Waals surface area contributed by atoms with Crippen LogP contribution in [0.5, 0.6) is 11.5 Å². The number of sulfonamides is 1. The van der Waals surface area contributed by atoms with Crippen LogP contribution in [0, 0.1) is 5.82 Å². The van der Waals surface area contributed by atoms with Crippen molar-refractivity contribution in [2.45, 2.75) is 17.4 Å². The van der Waals surface area contributed by atoms with Crippen molar-refractivity contribution in [2.24, 2.45) is 0 Å². The van der Waals surface area contributed by atoms with Crippen molar-refractivity contribution < 1.29 is 32.5 Å². The Morgan fingerprint density at radius 1 is 1.29 bits per heavy atom. The number of methoxy groups -OCH3 is 2. The minimum atomic E-state index is -4.22. The predicted octanol–water partition coefficient (Wildman–Crippen LogP) is -0.135. The second-order valence-corrected chi connectivity index (χ2v) is 6.35. The van der Waals surface area contributed by atoms with Gasteiger partial charge >= 0.3 is 0 Å². The van der Waals surface area contributed by atoms with Crippen molar-refractivity contribution in [1.82, 2.24) is 4.72 Å². The Kier molecular flexibility index (Phi) is 5.51. The lowest BCUT2D eigenvalue weighted by molar-refractivity contribution is 0.00680. The second kappa shape index (κ2) is 6.56. The van der Waals surface area contributed by atoms with Gasteiger partial charge in [-0.3, -0.25) is 0 Å². The molecular formula is C12H18FNO6S. The molecule has 1 unspecified atom stereocenters. The van der Waals surface area contributed by atoms with Gasteiger partial charge in [0.15, 0.2) is 11.5 Å². The monoisotopic (exact) mass is 323 g/mol. The summed E-state index contributed by atoms with van der Waals surface area (Å²) in [7, 11) is -1.64. The van der Waals surface area contributed by atoms with Crippen LogP contribution in [0.1, 0.15) is 6.92 Å². The molecule has 21 heavy (non-hydrogen) atoms. The lowest BCUT2D eigenvalue weighted by atomic mass is 10.1. The molecule has 3 N–H and O–H groups in total. The average Bonchev–Trinajstić information content (AvgIpc) is 2.44. The van der Waals surface area contributed by atoms with Crippen LogP contribution in [0.25, 0.3) is 0 Å². The molecule has 120 valence electrons. The highest BCUT2D eigenvalue weighted by Crippen LogP contribution is 2.31. The summed E-state index contributed by atoms with van der Waals surface area (Å²) in [4.78, 5) is -0.645. The van der Waals surface area contributed by atoms with E-state index in [0.29, 0.717) is 0 Å². The first kappa shape index (κ1) is 17.6. The normalized spacial score (nSPS) is 14.6. The third kappa shape index (κ3) is 4.27. The quantitative estimate of drug-likeness (QED) is 0.645. The van der Waals surface area contributed by atoms with Crippen molar-refractivity contribution in [1.29, 1.82) is 0 Å². The Morgan fingerprint density at radius 3 is 2.29 bits per heavy atom. The fourth-order valence-corrected chi connectivity index (χ4v) is 2.66. The van der Waals surface area contributed by atoms with Gasteiger partial charge in [-0.1, -0.05) is 0 Å². The topological polar surface area (TPSA) is 105 Å². The molecule has 0 aromatic heterocycles. The molecule has 7 nitrogen and oxygen atoms in total. The number of aliphatic hydroxyl groups excluding tert-OH is 1. The Bertz CT molecular complexity index is 602. The molecule has 0 bridgehead atoms. The van der Waals surface area contributed by atoms with Gasteiger partial charge in [0.2, 0.25) is 10.0 Å². The molecule has 1 atom stereocenters. The minimum Gasteiger partial charge on any atom is -0.493 e. The van der Waals surface area contributed by atoms with Gasteiger partial charge in [0.05, 0.1) is 26.4 Å². The van der Waals surface area contributed by atoms with Crippen molar-refractivity contribution in [3.8, 4) is 11.5 Å². The summed E-state index contributed by atoms with van der Waals surface area (Å²) in [6, 6.07) is 1.86. The Hall–Kier alpha value is -1.42. The highest BCUT2D eigenvalue weighted by Gasteiger charge is 2.26. The zero-order valence-corrected chi connectivity index (χ0v) is 12.7. The molecule has 9 heteroatoms. The lowest BCUT2D eigenvalue weighted by Crippen LogP contribution is -2.43. The zero-order chi connectivity index (χ0) is 16.3. The van der Waals surface area contributed by atoms with Gasteiger partial charge < -0.3 is 19.7 Å². The molecule has 0 amide bonds. The summed E-state index contributed by atoms with van der Waals surface area (Å²) >= 11 is 0. The molecule has 0 aliphatic carbocycles. The maximum Gasteiger partial charge on any atom is 0.243 e. The van der Waals surface area contributed by atoms with Gasteiger partial charge in [-0.05, 0) is 6.92 Å². The second-order valence-electron chi connectivity index (χ2n) is 4.62. The molecule has 0 saturated carbocycles. The maximum atomic E-state index is 13.9. The summed E-state index contributed by atoms with van der Waals surface area (Å²) in [6.45, 7) is 0.115. The molecule has 1 aromatic rings. The van der Waals surface area contributed by atoms with E-state index < -0.39 is 39.5 Å². The summed E-state index contributed by atoms with van der Waals surface area (Å²) in [5.41, 5.74) is -1.65. The third-order valence-corrected chi connectivity index (χ3v) is 4.13. The lowest BCUT2D eigenvalue weighted by Gasteiger charge is -2.21. The number of nitrogens with one attached hydrogen (secondary N) is 1. The van der Waals surface area contributed by atoms with E-state index in [0.717, 1.165) is 12.1 Å². The van der Waals surface area contributed by atoms with Crippen molar-refractivity contribution in [3.63, 3.8) is 0 Å². The summed E-state index contributed by atoms with van der Waals surface area (Å²) in [6.07, 6.45) is 0. The standard InChI is InChI=1S/C12H18FNO6S/c1-12(16,7-15)6-14-21(17,18)11-5-10(20-3)9(19-2)4-8(11)13/h4-5,14-16H,6-7H2,1-3H3. The number of ether oxygens (including phenoxy) is 2. The molecule has 1 rings (SSSR count). The fraction of sp³-hybridized carbons (Fsp3) is 0.500. The van der Waals surface area contributed by atoms with Gasteiger partial charge in [-0.2, -0.15) is 0 Å². The smallest absolute Gasteiger partial charge is 0.243 e. The van der Waals surface area contributed by atoms with Gasteiger partial charge in [-0.15, -0.1) is 0 Å². The predicted molar refractivity (Wildman–Crippen MR) is 72.4 cm³/mol. The van der Waals surface area contributed by atoms with Crippen LogP contribution < -0.4 is 14.2 Å². The zero-order valence-electron chi connectivity index (χ0n) is 11.9. The van der Waals surface area contributed by atoms with Crippen LogP contribution >= 0.6 is 0 Å². The number of rotatable bonds is 7. The molecule has 0 radical (unpaired) electrons. The summed E-state index contributed by atoms with van der Waals surface area (Å²) < 4.78 is 49.8. The van der Waals surface area contributed by atoms with E-state index in [1.54, 1.807) is 0 Å². The van der Waals surface area contributed by atoms with Crippen LogP contribution in [0.3, 0.4) is 0 Å². The number of aliphatic hydroxyl groups is 2. The number of halogens is 1. The molecular weight excluding hydrogens is 305 g/mol. The molecule has 0 aliphatic heterocycles. The Balaban J connectivity index is 3.14. The van der Waals surface area contributed by atoms with Crippen molar-refractivity contribution in [2.75, 3.05) is 27.4 Å². The van der Waals surface area contributed by atoms with Gasteiger partial charge in [-0.25, -0.2) is 17.5 Å². The first-order valence-electron chi connectivity index (χ1n) is 5.91. The van der Waals surface area contributed by atoms with Crippen molar-refractivity contribution >= 4 is 10.0 Å². The summed E-state index contributed by atoms with van der Waals surface area (Å²) in [5.74, 6) is -0.923. The fourth-order valence-electron chi connectivity index (χ4n) is 1.43. The third-order valence-electron chi connectivity index (χ3n) is 2.71. The number of benzene rings is 1. The van der Waals surface area contributed by atoms with Crippen molar-refractivity contribution in [3.05, 3.63) is 17.9 Å². The Labute approximate surface area is 122 Å². The average molecular weight is 323 g/mol. The van der Waals surface area contributed by atoms with Gasteiger partial charge in [0.25, 0.3) is 0 Å². The van der Waals surface area contributed by atoms with Crippen LogP contribution in [-0.2, 0) is 10.0 Å². The van der Waals surface area contributed by atoms with Gasteiger partial charge in [0.1, 0.15) is 10.7 Å². The van der Waals surface area contributed by atoms with E-state index >= 15 is 0 Å². The van der Waals surface area contributed by atoms with Crippen LogP contribution in [0.15, 0.2) is 17.0 Å². The Morgan fingerprint density at radius 2 is 1.81 bits per heavy atom. The van der Waals surface area contributed by atoms with E-state index in [-0.39, 0.29) is 11.5 Å². The van der Waals surface area contributed by atoms with Crippen LogP contribution in [0.4, 0.5) is 4.39 Å². The van der Waals surface area contributed by atoms with E-state index in [2.05, 4.69) is 0 Å². The van der Waals surface area contributed by atoms with E-state index in [4.69, 9.17) is 14.6 Å². The molecule has 0 aliphatic rings. The van der Waals surface area contributed by atoms with Crippen LogP contribution in [-0.4, -0.2) is 51.6 Å². The van der Waals surface area contributed by atoms with Gasteiger partial charge in [0, 0.05) is 18.7 Å². The first-order valence-corrected chi connectivity index (χ1v) is 7.39. The molecule has 0 spiro atoms. The van der Waals surface area contributed by atoms with E-state index in [1.165, 1.54) is 21.1 Å². The number of hydrogen-bond acceptors (Lipinski definition) is 6. The highest BCUT2D eigenvalue weighted by molar-refractivity contribution is 7.89. The molecule has 0 fully saturated rings. The maximum absolute atomic E-state index is 13.9. The SMILES string of the molecule is COc1cc(F)c(S(=O)(=O)NCC(C)(O)CO)cc1OC. The largest absolute Gasteiger partial charge is 0.493 e. The molecule has 0 saturated heterocycles. The summed E-state index contributed by atoms with van der Waals surface area (Å²) in [5, 5.41) is 18.4. The molecule has 0 heterocycles.